The maximum atomic E-state index is 13.5. The Morgan fingerprint density at radius 1 is 0.846 bits per heavy atom. The normalized spacial score (nSPS) is 15.1. The van der Waals surface area contributed by atoms with Gasteiger partial charge in [-0.1, -0.05) is 36.4 Å². The number of hydrogen-bond acceptors (Lipinski definition) is 6. The summed E-state index contributed by atoms with van der Waals surface area (Å²) in [6.07, 6.45) is 0. The lowest BCUT2D eigenvalue weighted by molar-refractivity contribution is -0.112. The molecule has 1 saturated heterocycles. The minimum atomic E-state index is -0.647. The standard InChI is InChI=1S/C31H31N5O3/c1-22-6-5-9-28(32-22)35-16-14-34(15-17-35)25-12-10-24(11-13-25)33-31(38)30(37)29-27(23-7-3-2-4-8-23)20-26-21-39-19-18-36(26)29/h2-13,20H,14-19,21H2,1H3,(H,33,38). The molecule has 198 valence electrons. The number of ketones is 1. The molecular weight excluding hydrogens is 490 g/mol. The SMILES string of the molecule is Cc1cccc(N2CCN(c3ccc(NC(=O)C(=O)c4c(-c5ccccc5)cc5n4CCOC5)cc3)CC2)n1. The molecule has 2 aromatic heterocycles. The maximum absolute atomic E-state index is 13.5. The molecular formula is C31H31N5O3. The van der Waals surface area contributed by atoms with E-state index in [1.165, 1.54) is 0 Å². The zero-order chi connectivity index (χ0) is 26.8. The fourth-order valence-electron chi connectivity index (χ4n) is 5.34. The third-order valence-corrected chi connectivity index (χ3v) is 7.37. The predicted octanol–water partition coefficient (Wildman–Crippen LogP) is 4.54. The van der Waals surface area contributed by atoms with Crippen LogP contribution in [0, 0.1) is 6.92 Å². The van der Waals surface area contributed by atoms with Crippen LogP contribution in [-0.2, 0) is 22.7 Å². The van der Waals surface area contributed by atoms with E-state index in [0.717, 1.165) is 60.2 Å². The molecule has 0 unspecified atom stereocenters. The second-order valence-electron chi connectivity index (χ2n) is 9.91. The first-order chi connectivity index (χ1) is 19.1. The molecule has 0 radical (unpaired) electrons. The highest BCUT2D eigenvalue weighted by Gasteiger charge is 2.28. The fourth-order valence-corrected chi connectivity index (χ4v) is 5.34. The van der Waals surface area contributed by atoms with Gasteiger partial charge < -0.3 is 24.4 Å². The number of benzene rings is 2. The van der Waals surface area contributed by atoms with Crippen molar-refractivity contribution in [2.75, 3.05) is 47.9 Å². The Bertz CT molecular complexity index is 1490. The molecule has 0 bridgehead atoms. The molecule has 0 saturated carbocycles. The Balaban J connectivity index is 1.13. The zero-order valence-electron chi connectivity index (χ0n) is 22.0. The van der Waals surface area contributed by atoms with Crippen LogP contribution in [-0.4, -0.2) is 54.0 Å². The number of carbonyl (C=O) groups excluding carboxylic acids is 2. The summed E-state index contributed by atoms with van der Waals surface area (Å²) in [6, 6.07) is 25.5. The number of pyridine rings is 1. The van der Waals surface area contributed by atoms with Gasteiger partial charge in [0.2, 0.25) is 0 Å². The lowest BCUT2D eigenvalue weighted by atomic mass is 10.0. The van der Waals surface area contributed by atoms with Crippen molar-refractivity contribution in [3.63, 3.8) is 0 Å². The lowest BCUT2D eigenvalue weighted by Crippen LogP contribution is -2.46. The Morgan fingerprint density at radius 2 is 1.59 bits per heavy atom. The fraction of sp³-hybridized carbons (Fsp3) is 0.258. The van der Waals surface area contributed by atoms with Gasteiger partial charge in [-0.2, -0.15) is 0 Å². The topological polar surface area (TPSA) is 79.7 Å². The monoisotopic (exact) mass is 521 g/mol. The van der Waals surface area contributed by atoms with Crippen molar-refractivity contribution in [2.24, 2.45) is 0 Å². The molecule has 8 heteroatoms. The largest absolute Gasteiger partial charge is 0.373 e. The summed E-state index contributed by atoms with van der Waals surface area (Å²) in [7, 11) is 0. The first kappa shape index (κ1) is 24.9. The Hall–Kier alpha value is -4.43. The van der Waals surface area contributed by atoms with E-state index in [1.807, 2.05) is 84.3 Å². The smallest absolute Gasteiger partial charge is 0.298 e. The summed E-state index contributed by atoms with van der Waals surface area (Å²) < 4.78 is 7.51. The highest BCUT2D eigenvalue weighted by molar-refractivity contribution is 6.47. The Morgan fingerprint density at radius 3 is 2.33 bits per heavy atom. The number of rotatable bonds is 6. The van der Waals surface area contributed by atoms with Gasteiger partial charge in [-0.25, -0.2) is 4.98 Å². The van der Waals surface area contributed by atoms with E-state index < -0.39 is 11.7 Å². The van der Waals surface area contributed by atoms with E-state index >= 15 is 0 Å². The average molecular weight is 522 g/mol. The maximum Gasteiger partial charge on any atom is 0.298 e. The Labute approximate surface area is 227 Å². The molecule has 4 aromatic rings. The number of nitrogens with one attached hydrogen (secondary N) is 1. The predicted molar refractivity (Wildman–Crippen MR) is 152 cm³/mol. The number of hydrogen-bond donors (Lipinski definition) is 1. The minimum Gasteiger partial charge on any atom is -0.373 e. The number of aryl methyl sites for hydroxylation is 1. The number of anilines is 3. The molecule has 0 spiro atoms. The van der Waals surface area contributed by atoms with Crippen molar-refractivity contribution in [2.45, 2.75) is 20.1 Å². The molecule has 1 N–H and O–H groups in total. The number of ether oxygens (including phenoxy) is 1. The number of nitrogens with zero attached hydrogens (tertiary/aromatic N) is 4. The van der Waals surface area contributed by atoms with Gasteiger partial charge in [0, 0.05) is 61.0 Å². The van der Waals surface area contributed by atoms with Gasteiger partial charge in [0.1, 0.15) is 11.5 Å². The summed E-state index contributed by atoms with van der Waals surface area (Å²) in [5, 5.41) is 2.81. The lowest BCUT2D eigenvalue weighted by Gasteiger charge is -2.36. The molecule has 2 aromatic carbocycles. The van der Waals surface area contributed by atoms with Crippen LogP contribution in [0.25, 0.3) is 11.1 Å². The first-order valence-electron chi connectivity index (χ1n) is 13.3. The van der Waals surface area contributed by atoms with Crippen molar-refractivity contribution in [3.05, 3.63) is 95.9 Å². The molecule has 1 fully saturated rings. The van der Waals surface area contributed by atoms with Crippen molar-refractivity contribution in [1.29, 1.82) is 0 Å². The second kappa shape index (κ2) is 10.7. The van der Waals surface area contributed by atoms with Gasteiger partial charge in [-0.15, -0.1) is 0 Å². The van der Waals surface area contributed by atoms with E-state index in [4.69, 9.17) is 4.74 Å². The summed E-state index contributed by atoms with van der Waals surface area (Å²) >= 11 is 0. The van der Waals surface area contributed by atoms with Crippen LogP contribution in [0.2, 0.25) is 0 Å². The summed E-state index contributed by atoms with van der Waals surface area (Å²) in [5.74, 6) is -0.178. The third-order valence-electron chi connectivity index (χ3n) is 7.37. The van der Waals surface area contributed by atoms with E-state index in [1.54, 1.807) is 0 Å². The highest BCUT2D eigenvalue weighted by atomic mass is 16.5. The van der Waals surface area contributed by atoms with Crippen LogP contribution in [0.15, 0.2) is 78.9 Å². The van der Waals surface area contributed by atoms with Gasteiger partial charge >= 0.3 is 0 Å². The molecule has 39 heavy (non-hydrogen) atoms. The van der Waals surface area contributed by atoms with Crippen LogP contribution in [0.1, 0.15) is 21.9 Å². The van der Waals surface area contributed by atoms with Crippen molar-refractivity contribution in [3.8, 4) is 11.1 Å². The molecule has 2 aliphatic heterocycles. The number of amides is 1. The minimum absolute atomic E-state index is 0.412. The second-order valence-corrected chi connectivity index (χ2v) is 9.91. The average Bonchev–Trinajstić information content (AvgIpc) is 3.37. The van der Waals surface area contributed by atoms with Crippen molar-refractivity contribution >= 4 is 28.9 Å². The molecule has 8 nitrogen and oxygen atoms in total. The van der Waals surface area contributed by atoms with Gasteiger partial charge in [0.25, 0.3) is 11.7 Å². The third kappa shape index (κ3) is 5.15. The Kier molecular flexibility index (Phi) is 6.85. The van der Waals surface area contributed by atoms with Crippen molar-refractivity contribution < 1.29 is 14.3 Å². The van der Waals surface area contributed by atoms with Gasteiger partial charge in [0.05, 0.1) is 13.2 Å². The van der Waals surface area contributed by atoms with Gasteiger partial charge in [-0.3, -0.25) is 9.59 Å². The van der Waals surface area contributed by atoms with Crippen LogP contribution >= 0.6 is 0 Å². The highest BCUT2D eigenvalue weighted by Crippen LogP contribution is 2.30. The van der Waals surface area contributed by atoms with Crippen LogP contribution < -0.4 is 15.1 Å². The van der Waals surface area contributed by atoms with Gasteiger partial charge in [0.15, 0.2) is 0 Å². The summed E-state index contributed by atoms with van der Waals surface area (Å²) in [5.41, 5.74) is 5.67. The molecule has 0 aliphatic carbocycles. The summed E-state index contributed by atoms with van der Waals surface area (Å²) in [4.78, 5) is 35.9. The van der Waals surface area contributed by atoms with Crippen molar-refractivity contribution in [1.82, 2.24) is 9.55 Å². The van der Waals surface area contributed by atoms with E-state index in [-0.39, 0.29) is 0 Å². The number of Topliss-reactive ketones (excluding diaryl/α,β-unsaturated/α-hetero) is 1. The zero-order valence-corrected chi connectivity index (χ0v) is 22.0. The molecule has 1 amide bonds. The number of carbonyl (C=O) groups is 2. The van der Waals surface area contributed by atoms with Crippen LogP contribution in [0.5, 0.6) is 0 Å². The van der Waals surface area contributed by atoms with E-state index in [0.29, 0.717) is 31.1 Å². The van der Waals surface area contributed by atoms with E-state index in [2.05, 4.69) is 26.2 Å². The first-order valence-corrected chi connectivity index (χ1v) is 13.3. The number of piperazine rings is 1. The quantitative estimate of drug-likeness (QED) is 0.297. The molecule has 2 aliphatic rings. The number of aromatic nitrogens is 2. The number of fused-ring (bicyclic) bond motifs is 1. The molecule has 6 rings (SSSR count). The van der Waals surface area contributed by atoms with E-state index in [9.17, 15) is 9.59 Å². The van der Waals surface area contributed by atoms with Crippen LogP contribution in [0.3, 0.4) is 0 Å². The molecule has 0 atom stereocenters. The van der Waals surface area contributed by atoms with Gasteiger partial charge in [-0.05, 0) is 55.0 Å². The summed E-state index contributed by atoms with van der Waals surface area (Å²) in [6.45, 7) is 7.02. The van der Waals surface area contributed by atoms with Crippen LogP contribution in [0.4, 0.5) is 17.2 Å². The molecule has 4 heterocycles.